The van der Waals surface area contributed by atoms with Gasteiger partial charge in [-0.2, -0.15) is 0 Å². The van der Waals surface area contributed by atoms with Gasteiger partial charge in [-0.1, -0.05) is 38.8 Å². The number of amides is 1. The van der Waals surface area contributed by atoms with Crippen LogP contribution in [0.25, 0.3) is 15.7 Å². The molecule has 8 heteroatoms. The summed E-state index contributed by atoms with van der Waals surface area (Å²) in [5.74, 6) is 0.474. The van der Waals surface area contributed by atoms with Crippen LogP contribution in [0.2, 0.25) is 0 Å². The molecule has 1 amide bonds. The Morgan fingerprint density at radius 3 is 2.47 bits per heavy atom. The Hall–Kier alpha value is -3.52. The van der Waals surface area contributed by atoms with Crippen molar-refractivity contribution in [3.05, 3.63) is 78.5 Å². The fraction of sp³-hybridized carbons (Fsp3) is 0.286. The van der Waals surface area contributed by atoms with Gasteiger partial charge < -0.3 is 10.2 Å². The number of pyridine rings is 2. The van der Waals surface area contributed by atoms with Crippen molar-refractivity contribution in [2.45, 2.75) is 40.5 Å². The van der Waals surface area contributed by atoms with Gasteiger partial charge in [-0.15, -0.1) is 0 Å². The van der Waals surface area contributed by atoms with Gasteiger partial charge in [0, 0.05) is 52.6 Å². The third-order valence-corrected chi connectivity index (χ3v) is 6.14. The van der Waals surface area contributed by atoms with Crippen LogP contribution in [0.5, 0.6) is 0 Å². The number of allylic oxidation sites excluding steroid dienone is 1. The van der Waals surface area contributed by atoms with Crippen molar-refractivity contribution >= 4 is 50.0 Å². The summed E-state index contributed by atoms with van der Waals surface area (Å²) in [5.41, 5.74) is 1.54. The second-order valence-electron chi connectivity index (χ2n) is 8.48. The summed E-state index contributed by atoms with van der Waals surface area (Å²) >= 11 is 1.29. The van der Waals surface area contributed by atoms with Crippen LogP contribution in [-0.2, 0) is 0 Å². The quantitative estimate of drug-likeness (QED) is 0.231. The summed E-state index contributed by atoms with van der Waals surface area (Å²) in [6.07, 6.45) is 5.18. The highest BCUT2D eigenvalue weighted by Crippen LogP contribution is 2.32. The van der Waals surface area contributed by atoms with E-state index in [0.717, 1.165) is 42.2 Å². The van der Waals surface area contributed by atoms with Gasteiger partial charge in [-0.05, 0) is 62.4 Å². The van der Waals surface area contributed by atoms with Gasteiger partial charge in [0.1, 0.15) is 17.5 Å². The molecule has 0 aliphatic heterocycles. The topological polar surface area (TPSA) is 70.5 Å². The number of halogens is 1. The van der Waals surface area contributed by atoms with E-state index in [1.165, 1.54) is 17.8 Å². The van der Waals surface area contributed by atoms with Gasteiger partial charge in [-0.25, -0.2) is 14.4 Å². The van der Waals surface area contributed by atoms with Crippen molar-refractivity contribution in [1.82, 2.24) is 9.97 Å². The fourth-order valence-corrected chi connectivity index (χ4v) is 4.60. The molecule has 0 radical (unpaired) electrons. The van der Waals surface area contributed by atoms with Crippen LogP contribution >= 0.6 is 11.8 Å². The summed E-state index contributed by atoms with van der Waals surface area (Å²) in [5, 5.41) is 4.94. The maximum atomic E-state index is 14.8. The molecule has 36 heavy (non-hydrogen) atoms. The zero-order valence-electron chi connectivity index (χ0n) is 21.3. The van der Waals surface area contributed by atoms with E-state index in [2.05, 4.69) is 52.2 Å². The zero-order chi connectivity index (χ0) is 26.2. The highest BCUT2D eigenvalue weighted by atomic mass is 32.2. The van der Waals surface area contributed by atoms with Crippen LogP contribution in [0.1, 0.15) is 56.5 Å². The molecule has 2 aromatic heterocycles. The summed E-state index contributed by atoms with van der Waals surface area (Å²) < 4.78 is 14.8. The van der Waals surface area contributed by atoms with Crippen molar-refractivity contribution in [1.29, 1.82) is 0 Å². The molecule has 0 aliphatic carbocycles. The normalized spacial score (nSPS) is 11.4. The molecule has 0 saturated heterocycles. The second kappa shape index (κ2) is 12.4. The average Bonchev–Trinajstić information content (AvgIpc) is 2.83. The van der Waals surface area contributed by atoms with E-state index in [4.69, 9.17) is 0 Å². The Morgan fingerprint density at radius 2 is 1.81 bits per heavy atom. The van der Waals surface area contributed by atoms with Crippen LogP contribution in [0.15, 0.2) is 66.6 Å². The number of fused-ring (bicyclic) bond motifs is 1. The molecule has 0 unspecified atom stereocenters. The molecule has 0 aliphatic rings. The Balaban J connectivity index is 1.84. The molecule has 6 nitrogen and oxygen atoms in total. The maximum Gasteiger partial charge on any atom is 0.257 e. The first-order valence-electron chi connectivity index (χ1n) is 11.9. The maximum absolute atomic E-state index is 14.8. The van der Waals surface area contributed by atoms with Crippen molar-refractivity contribution in [2.75, 3.05) is 23.3 Å². The second-order valence-corrected chi connectivity index (χ2v) is 9.77. The number of nitrogens with one attached hydrogen (secondary N) is 1. The predicted molar refractivity (Wildman–Crippen MR) is 151 cm³/mol. The molecule has 188 valence electrons. The molecular weight excluding hydrogens is 473 g/mol. The number of thioether (sulfide) groups is 1. The smallest absolute Gasteiger partial charge is 0.257 e. The van der Waals surface area contributed by atoms with E-state index in [0.29, 0.717) is 32.9 Å². The zero-order valence-corrected chi connectivity index (χ0v) is 22.1. The number of anilines is 2. The number of hydrogen-bond acceptors (Lipinski definition) is 6. The minimum atomic E-state index is -0.394. The number of carbonyl (C=O) groups is 1. The first-order valence-corrected chi connectivity index (χ1v) is 12.7. The Bertz CT molecular complexity index is 1310. The molecule has 2 heterocycles. The SMILES string of the molecule is C=C(C)N=C(C)SC(=C)c1cc2cc(NC(=O)c3ccnc(N(CCC)CCC)c3)ncc2cc1F. The molecule has 1 N–H and O–H groups in total. The molecular formula is C28H32FN5OS. The van der Waals surface area contributed by atoms with Crippen molar-refractivity contribution < 1.29 is 9.18 Å². The van der Waals surface area contributed by atoms with Gasteiger partial charge in [0.2, 0.25) is 0 Å². The average molecular weight is 506 g/mol. The lowest BCUT2D eigenvalue weighted by Gasteiger charge is -2.22. The highest BCUT2D eigenvalue weighted by molar-refractivity contribution is 8.21. The fourth-order valence-electron chi connectivity index (χ4n) is 3.77. The predicted octanol–water partition coefficient (Wildman–Crippen LogP) is 7.30. The van der Waals surface area contributed by atoms with E-state index in [-0.39, 0.29) is 5.91 Å². The molecule has 0 bridgehead atoms. The Labute approximate surface area is 216 Å². The van der Waals surface area contributed by atoms with E-state index in [9.17, 15) is 9.18 Å². The van der Waals surface area contributed by atoms with Crippen LogP contribution in [0.3, 0.4) is 0 Å². The van der Waals surface area contributed by atoms with E-state index < -0.39 is 5.82 Å². The molecule has 0 spiro atoms. The standard InChI is InChI=1S/C28H32FN5OS/c1-7-11-34(12-8-2)27-16-21(9-10-30-27)28(35)33-26-15-22-13-24(25(29)14-23(22)17-31-26)19(5)36-20(6)32-18(3)4/h9-10,13-17H,3,5,7-8,11-12H2,1-2,4,6H3,(H,31,33,35). The summed E-state index contributed by atoms with van der Waals surface area (Å²) in [7, 11) is 0. The van der Waals surface area contributed by atoms with E-state index >= 15 is 0 Å². The number of benzene rings is 1. The van der Waals surface area contributed by atoms with Gasteiger partial charge in [0.25, 0.3) is 5.91 Å². The number of carbonyl (C=O) groups excluding carboxylic acids is 1. The first kappa shape index (κ1) is 27.1. The lowest BCUT2D eigenvalue weighted by molar-refractivity contribution is 0.102. The number of nitrogens with zero attached hydrogens (tertiary/aromatic N) is 4. The highest BCUT2D eigenvalue weighted by Gasteiger charge is 2.14. The minimum absolute atomic E-state index is 0.285. The molecule has 0 saturated carbocycles. The van der Waals surface area contributed by atoms with Crippen molar-refractivity contribution in [3.63, 3.8) is 0 Å². The lowest BCUT2D eigenvalue weighted by Crippen LogP contribution is -2.26. The van der Waals surface area contributed by atoms with Gasteiger partial charge in [0.15, 0.2) is 0 Å². The van der Waals surface area contributed by atoms with Crippen LogP contribution in [-0.4, -0.2) is 34.0 Å². The van der Waals surface area contributed by atoms with Crippen LogP contribution in [0, 0.1) is 5.82 Å². The third kappa shape index (κ3) is 7.01. The van der Waals surface area contributed by atoms with Crippen LogP contribution in [0.4, 0.5) is 16.0 Å². The van der Waals surface area contributed by atoms with Crippen molar-refractivity contribution in [2.24, 2.45) is 4.99 Å². The largest absolute Gasteiger partial charge is 0.357 e. The number of aromatic nitrogens is 2. The number of rotatable bonds is 10. The number of aliphatic imine (C=N–C) groups is 1. The van der Waals surface area contributed by atoms with Gasteiger partial charge >= 0.3 is 0 Å². The minimum Gasteiger partial charge on any atom is -0.357 e. The number of hydrogen-bond donors (Lipinski definition) is 1. The molecule has 0 atom stereocenters. The monoisotopic (exact) mass is 505 g/mol. The third-order valence-electron chi connectivity index (χ3n) is 5.29. The molecule has 3 aromatic rings. The summed E-state index contributed by atoms with van der Waals surface area (Å²) in [4.78, 5) is 28.7. The first-order chi connectivity index (χ1) is 17.2. The molecule has 1 aromatic carbocycles. The molecule has 3 rings (SSSR count). The van der Waals surface area contributed by atoms with Crippen LogP contribution < -0.4 is 10.2 Å². The summed E-state index contributed by atoms with van der Waals surface area (Å²) in [6, 6.07) is 8.34. The van der Waals surface area contributed by atoms with E-state index in [1.807, 2.05) is 6.92 Å². The Morgan fingerprint density at radius 1 is 1.08 bits per heavy atom. The molecule has 0 fully saturated rings. The lowest BCUT2D eigenvalue weighted by atomic mass is 10.1. The summed E-state index contributed by atoms with van der Waals surface area (Å²) in [6.45, 7) is 17.4. The van der Waals surface area contributed by atoms with Gasteiger partial charge in [0.05, 0.1) is 5.04 Å². The van der Waals surface area contributed by atoms with Gasteiger partial charge in [-0.3, -0.25) is 9.79 Å². The Kier molecular flexibility index (Phi) is 9.36. The van der Waals surface area contributed by atoms with Crippen molar-refractivity contribution in [3.8, 4) is 0 Å². The van der Waals surface area contributed by atoms with E-state index in [1.54, 1.807) is 43.6 Å².